The molecular weight excluding hydrogens is 315 g/mol. The maximum atomic E-state index is 12.9. The molecule has 88 valence electrons. The van der Waals surface area contributed by atoms with Crippen LogP contribution in [0.1, 0.15) is 5.56 Å². The van der Waals surface area contributed by atoms with Gasteiger partial charge >= 0.3 is 0 Å². The lowest BCUT2D eigenvalue weighted by molar-refractivity contribution is 0.628. The van der Waals surface area contributed by atoms with Crippen LogP contribution >= 0.6 is 40.3 Å². The number of hydrogen-bond acceptors (Lipinski definition) is 3. The van der Waals surface area contributed by atoms with E-state index in [1.807, 2.05) is 0 Å². The Morgan fingerprint density at radius 1 is 1.50 bits per heavy atom. The molecule has 0 unspecified atom stereocenters. The minimum Gasteiger partial charge on any atom is -0.363 e. The van der Waals surface area contributed by atoms with E-state index in [1.165, 1.54) is 6.07 Å². The average molecular weight is 326 g/mol. The van der Waals surface area contributed by atoms with E-state index in [-0.39, 0.29) is 27.8 Å². The number of hydrogen-bond donors (Lipinski definition) is 1. The van der Waals surface area contributed by atoms with Gasteiger partial charge in [0.25, 0.3) is 0 Å². The standard InChI is InChI=1S/C10H10ClFN2S.BrH/c11-8-5-7(1-2-9(8)12)6-15-10-13-3-4-14-10;/h1-2,5H,3-4,6H2,(H,13,14);1H. The van der Waals surface area contributed by atoms with Crippen LogP contribution in [0.4, 0.5) is 4.39 Å². The Kier molecular flexibility index (Phi) is 5.58. The van der Waals surface area contributed by atoms with Crippen molar-refractivity contribution < 1.29 is 4.39 Å². The predicted octanol–water partition coefficient (Wildman–Crippen LogP) is 3.25. The Balaban J connectivity index is 0.00000128. The number of halogens is 3. The summed E-state index contributed by atoms with van der Waals surface area (Å²) in [6.45, 7) is 1.75. The highest BCUT2D eigenvalue weighted by molar-refractivity contribution is 8.93. The van der Waals surface area contributed by atoms with E-state index in [0.717, 1.165) is 29.6 Å². The van der Waals surface area contributed by atoms with Crippen molar-refractivity contribution >= 4 is 45.5 Å². The molecule has 1 aliphatic rings. The van der Waals surface area contributed by atoms with Crippen LogP contribution in [-0.2, 0) is 5.75 Å². The molecule has 0 amide bonds. The first-order valence-electron chi connectivity index (χ1n) is 4.61. The molecule has 0 atom stereocenters. The zero-order valence-electron chi connectivity index (χ0n) is 8.37. The molecule has 6 heteroatoms. The third-order valence-corrected chi connectivity index (χ3v) is 3.32. The maximum absolute atomic E-state index is 12.9. The first-order valence-corrected chi connectivity index (χ1v) is 5.97. The molecule has 2 nitrogen and oxygen atoms in total. The number of nitrogens with one attached hydrogen (secondary N) is 1. The molecule has 0 spiro atoms. The normalized spacial score (nSPS) is 14.0. The Labute approximate surface area is 113 Å². The van der Waals surface area contributed by atoms with Gasteiger partial charge in [0.1, 0.15) is 5.82 Å². The largest absolute Gasteiger partial charge is 0.363 e. The summed E-state index contributed by atoms with van der Waals surface area (Å²) in [5.74, 6) is 0.382. The fourth-order valence-corrected chi connectivity index (χ4v) is 2.33. The van der Waals surface area contributed by atoms with E-state index in [4.69, 9.17) is 11.6 Å². The van der Waals surface area contributed by atoms with Crippen LogP contribution in [0.5, 0.6) is 0 Å². The van der Waals surface area contributed by atoms with Crippen molar-refractivity contribution in [2.24, 2.45) is 4.99 Å². The van der Waals surface area contributed by atoms with Gasteiger partial charge in [0.15, 0.2) is 5.17 Å². The van der Waals surface area contributed by atoms with Crippen molar-refractivity contribution in [1.82, 2.24) is 5.32 Å². The summed E-state index contributed by atoms with van der Waals surface area (Å²) in [4.78, 5) is 4.25. The van der Waals surface area contributed by atoms with Gasteiger partial charge in [0.05, 0.1) is 11.6 Å². The topological polar surface area (TPSA) is 24.4 Å². The highest BCUT2D eigenvalue weighted by Crippen LogP contribution is 2.20. The molecule has 0 aliphatic carbocycles. The van der Waals surface area contributed by atoms with Gasteiger partial charge in [-0.25, -0.2) is 4.39 Å². The SMILES string of the molecule is Br.Fc1ccc(CSC2=NCCN2)cc1Cl. The van der Waals surface area contributed by atoms with Gasteiger partial charge < -0.3 is 5.32 Å². The molecule has 1 aromatic carbocycles. The molecule has 1 heterocycles. The smallest absolute Gasteiger partial charge is 0.157 e. The average Bonchev–Trinajstić information content (AvgIpc) is 2.73. The highest BCUT2D eigenvalue weighted by atomic mass is 79.9. The van der Waals surface area contributed by atoms with Crippen molar-refractivity contribution in [3.05, 3.63) is 34.6 Å². The van der Waals surface area contributed by atoms with Crippen LogP contribution in [0.3, 0.4) is 0 Å². The van der Waals surface area contributed by atoms with Gasteiger partial charge in [0.2, 0.25) is 0 Å². The minimum atomic E-state index is -0.373. The number of benzene rings is 1. The van der Waals surface area contributed by atoms with Crippen LogP contribution in [-0.4, -0.2) is 18.3 Å². The molecule has 0 aromatic heterocycles. The number of thioether (sulfide) groups is 1. The summed E-state index contributed by atoms with van der Waals surface area (Å²) in [5.41, 5.74) is 1.00. The second-order valence-electron chi connectivity index (χ2n) is 3.15. The van der Waals surface area contributed by atoms with Crippen LogP contribution in [0.25, 0.3) is 0 Å². The lowest BCUT2D eigenvalue weighted by Crippen LogP contribution is -2.14. The van der Waals surface area contributed by atoms with Crippen LogP contribution in [0, 0.1) is 5.82 Å². The molecule has 0 saturated carbocycles. The Morgan fingerprint density at radius 3 is 2.94 bits per heavy atom. The third-order valence-electron chi connectivity index (χ3n) is 2.00. The zero-order chi connectivity index (χ0) is 10.7. The number of amidine groups is 1. The van der Waals surface area contributed by atoms with Crippen molar-refractivity contribution in [3.63, 3.8) is 0 Å². The van der Waals surface area contributed by atoms with Crippen molar-refractivity contribution in [1.29, 1.82) is 0 Å². The number of aliphatic imine (C=N–C) groups is 1. The highest BCUT2D eigenvalue weighted by Gasteiger charge is 2.06. The van der Waals surface area contributed by atoms with E-state index < -0.39 is 0 Å². The van der Waals surface area contributed by atoms with E-state index in [1.54, 1.807) is 23.9 Å². The first-order chi connectivity index (χ1) is 7.25. The zero-order valence-corrected chi connectivity index (χ0v) is 11.7. The van der Waals surface area contributed by atoms with E-state index >= 15 is 0 Å². The summed E-state index contributed by atoms with van der Waals surface area (Å²) in [6, 6.07) is 4.78. The molecule has 0 radical (unpaired) electrons. The van der Waals surface area contributed by atoms with Crippen LogP contribution < -0.4 is 5.32 Å². The Bertz CT molecular complexity index is 400. The van der Waals surface area contributed by atoms with Crippen LogP contribution in [0.15, 0.2) is 23.2 Å². The molecule has 1 aromatic rings. The molecular formula is C10H11BrClFN2S. The van der Waals surface area contributed by atoms with Gasteiger partial charge in [-0.15, -0.1) is 17.0 Å². The Morgan fingerprint density at radius 2 is 2.31 bits per heavy atom. The fraction of sp³-hybridized carbons (Fsp3) is 0.300. The second kappa shape index (κ2) is 6.47. The Hall–Kier alpha value is -0.260. The second-order valence-corrected chi connectivity index (χ2v) is 4.52. The molecule has 0 saturated heterocycles. The summed E-state index contributed by atoms with van der Waals surface area (Å²) in [7, 11) is 0. The maximum Gasteiger partial charge on any atom is 0.157 e. The lowest BCUT2D eigenvalue weighted by atomic mass is 10.2. The number of rotatable bonds is 2. The molecule has 0 bridgehead atoms. The van der Waals surface area contributed by atoms with Gasteiger partial charge in [-0.1, -0.05) is 29.4 Å². The van der Waals surface area contributed by atoms with Crippen LogP contribution in [0.2, 0.25) is 5.02 Å². The molecule has 1 aliphatic heterocycles. The molecule has 0 fully saturated rings. The van der Waals surface area contributed by atoms with E-state index in [9.17, 15) is 4.39 Å². The quantitative estimate of drug-likeness (QED) is 0.902. The van der Waals surface area contributed by atoms with Crippen molar-refractivity contribution in [2.45, 2.75) is 5.75 Å². The van der Waals surface area contributed by atoms with Gasteiger partial charge in [-0.2, -0.15) is 0 Å². The monoisotopic (exact) mass is 324 g/mol. The van der Waals surface area contributed by atoms with Gasteiger partial charge in [-0.05, 0) is 17.7 Å². The molecule has 16 heavy (non-hydrogen) atoms. The summed E-state index contributed by atoms with van der Waals surface area (Å²) in [5, 5.41) is 4.29. The third kappa shape index (κ3) is 3.64. The molecule has 2 rings (SSSR count). The first kappa shape index (κ1) is 13.8. The van der Waals surface area contributed by atoms with Gasteiger partial charge in [-0.3, -0.25) is 4.99 Å². The molecule has 1 N–H and O–H groups in total. The van der Waals surface area contributed by atoms with Crippen molar-refractivity contribution in [3.8, 4) is 0 Å². The summed E-state index contributed by atoms with van der Waals surface area (Å²) in [6.07, 6.45) is 0. The fourth-order valence-electron chi connectivity index (χ4n) is 1.25. The minimum absolute atomic E-state index is 0. The van der Waals surface area contributed by atoms with E-state index in [2.05, 4.69) is 10.3 Å². The summed E-state index contributed by atoms with van der Waals surface area (Å²) >= 11 is 7.29. The predicted molar refractivity (Wildman–Crippen MR) is 73.3 cm³/mol. The van der Waals surface area contributed by atoms with Crippen molar-refractivity contribution in [2.75, 3.05) is 13.1 Å². The number of nitrogens with zero attached hydrogens (tertiary/aromatic N) is 1. The van der Waals surface area contributed by atoms with E-state index in [0.29, 0.717) is 0 Å². The van der Waals surface area contributed by atoms with Gasteiger partial charge in [0, 0.05) is 12.3 Å². The lowest BCUT2D eigenvalue weighted by Gasteiger charge is -2.03. The summed E-state index contributed by atoms with van der Waals surface area (Å²) < 4.78 is 12.9.